The van der Waals surface area contributed by atoms with Gasteiger partial charge in [-0.3, -0.25) is 14.5 Å². The van der Waals surface area contributed by atoms with Gasteiger partial charge in [0.15, 0.2) is 5.78 Å². The molecule has 0 N–H and O–H groups in total. The van der Waals surface area contributed by atoms with E-state index in [-0.39, 0.29) is 24.8 Å². The summed E-state index contributed by atoms with van der Waals surface area (Å²) in [4.78, 5) is 39.9. The Morgan fingerprint density at radius 2 is 1.62 bits per heavy atom. The maximum atomic E-state index is 12.5. The molecular weight excluding hydrogens is 356 g/mol. The molecule has 26 heavy (non-hydrogen) atoms. The number of carbonyl (C=O) groups is 3. The minimum atomic E-state index is -0.465. The number of Topliss-reactive ketones (excluding diaryl/α,β-unsaturated/α-hetero) is 1. The molecule has 1 saturated heterocycles. The zero-order valence-corrected chi connectivity index (χ0v) is 14.9. The highest BCUT2D eigenvalue weighted by Gasteiger charge is 2.34. The summed E-state index contributed by atoms with van der Waals surface area (Å²) in [7, 11) is 1.54. The van der Waals surface area contributed by atoms with Crippen LogP contribution >= 0.6 is 11.6 Å². The molecule has 0 aromatic heterocycles. The Morgan fingerprint density at radius 1 is 1.00 bits per heavy atom. The van der Waals surface area contributed by atoms with Crippen LogP contribution in [-0.4, -0.2) is 54.3 Å². The normalized spacial score (nSPS) is 13.8. The number of ether oxygens (including phenoxy) is 1. The standard InChI is InChI=1S/C19H17ClN2O4/c1-26-16-8-4-14(5-9-16)18(24)22-11-10-21(19(22)25)12-17(23)13-2-6-15(20)7-3-13/h2-9H,10-12H2,1H3. The third-order valence-electron chi connectivity index (χ3n) is 4.18. The maximum absolute atomic E-state index is 12.5. The lowest BCUT2D eigenvalue weighted by molar-refractivity contribution is 0.0815. The molecular formula is C19H17ClN2O4. The van der Waals surface area contributed by atoms with Crippen molar-refractivity contribution in [2.24, 2.45) is 0 Å². The molecule has 3 rings (SSSR count). The first-order valence-corrected chi connectivity index (χ1v) is 8.41. The second-order valence-electron chi connectivity index (χ2n) is 5.82. The molecule has 134 valence electrons. The fraction of sp³-hybridized carbons (Fsp3) is 0.211. The number of imide groups is 1. The zero-order valence-electron chi connectivity index (χ0n) is 14.1. The number of methoxy groups -OCH3 is 1. The van der Waals surface area contributed by atoms with Crippen molar-refractivity contribution in [1.29, 1.82) is 0 Å². The monoisotopic (exact) mass is 372 g/mol. The Hall–Kier alpha value is -2.86. The third kappa shape index (κ3) is 3.70. The van der Waals surface area contributed by atoms with Crippen LogP contribution in [0.2, 0.25) is 5.02 Å². The molecule has 0 spiro atoms. The van der Waals surface area contributed by atoms with E-state index in [0.717, 1.165) is 4.90 Å². The summed E-state index contributed by atoms with van der Waals surface area (Å²) in [5, 5.41) is 0.537. The van der Waals surface area contributed by atoms with Gasteiger partial charge in [-0.05, 0) is 48.5 Å². The van der Waals surface area contributed by atoms with E-state index in [9.17, 15) is 14.4 Å². The van der Waals surface area contributed by atoms with E-state index in [1.807, 2.05) is 0 Å². The highest BCUT2D eigenvalue weighted by atomic mass is 35.5. The number of amides is 3. The van der Waals surface area contributed by atoms with Crippen LogP contribution in [0.5, 0.6) is 5.75 Å². The smallest absolute Gasteiger partial charge is 0.327 e. The SMILES string of the molecule is COc1ccc(C(=O)N2CCN(CC(=O)c3ccc(Cl)cc3)C2=O)cc1. The molecule has 1 fully saturated rings. The first-order valence-electron chi connectivity index (χ1n) is 8.03. The van der Waals surface area contributed by atoms with Crippen molar-refractivity contribution in [1.82, 2.24) is 9.80 Å². The molecule has 1 aliphatic heterocycles. The van der Waals surface area contributed by atoms with Crippen molar-refractivity contribution in [3.05, 3.63) is 64.7 Å². The van der Waals surface area contributed by atoms with Crippen LogP contribution in [0, 0.1) is 0 Å². The van der Waals surface area contributed by atoms with E-state index >= 15 is 0 Å². The van der Waals surface area contributed by atoms with Crippen molar-refractivity contribution in [3.63, 3.8) is 0 Å². The number of benzene rings is 2. The lowest BCUT2D eigenvalue weighted by Crippen LogP contribution is -2.38. The second-order valence-corrected chi connectivity index (χ2v) is 6.26. The van der Waals surface area contributed by atoms with Crippen LogP contribution in [0.3, 0.4) is 0 Å². The fourth-order valence-electron chi connectivity index (χ4n) is 2.71. The molecule has 0 bridgehead atoms. The van der Waals surface area contributed by atoms with Gasteiger partial charge in [0.1, 0.15) is 5.75 Å². The van der Waals surface area contributed by atoms with Crippen LogP contribution in [0.4, 0.5) is 4.79 Å². The van der Waals surface area contributed by atoms with Gasteiger partial charge in [0.25, 0.3) is 5.91 Å². The lowest BCUT2D eigenvalue weighted by Gasteiger charge is -2.17. The van der Waals surface area contributed by atoms with Crippen molar-refractivity contribution in [2.45, 2.75) is 0 Å². The number of carbonyl (C=O) groups excluding carboxylic acids is 3. The summed E-state index contributed by atoms with van der Waals surface area (Å²) in [6, 6.07) is 12.6. The quantitative estimate of drug-likeness (QED) is 0.756. The summed E-state index contributed by atoms with van der Waals surface area (Å²) < 4.78 is 5.06. The van der Waals surface area contributed by atoms with Crippen LogP contribution in [0.15, 0.2) is 48.5 Å². The van der Waals surface area contributed by atoms with Crippen molar-refractivity contribution in [2.75, 3.05) is 26.7 Å². The number of rotatable bonds is 5. The Balaban J connectivity index is 1.66. The predicted molar refractivity (Wildman–Crippen MR) is 96.8 cm³/mol. The Morgan fingerprint density at radius 3 is 2.23 bits per heavy atom. The van der Waals surface area contributed by atoms with Crippen molar-refractivity contribution < 1.29 is 19.1 Å². The Bertz CT molecular complexity index is 834. The number of hydrogen-bond acceptors (Lipinski definition) is 4. The van der Waals surface area contributed by atoms with Gasteiger partial charge >= 0.3 is 6.03 Å². The first-order chi connectivity index (χ1) is 12.5. The molecule has 6 nitrogen and oxygen atoms in total. The predicted octanol–water partition coefficient (Wildman–Crippen LogP) is 3.11. The number of halogens is 1. The molecule has 2 aromatic rings. The molecule has 0 aliphatic carbocycles. The summed E-state index contributed by atoms with van der Waals surface area (Å²) in [6.45, 7) is 0.491. The van der Waals surface area contributed by atoms with Crippen LogP contribution < -0.4 is 4.74 Å². The molecule has 1 heterocycles. The van der Waals surface area contributed by atoms with Crippen LogP contribution in [0.25, 0.3) is 0 Å². The van der Waals surface area contributed by atoms with E-state index in [1.165, 1.54) is 12.0 Å². The van der Waals surface area contributed by atoms with Crippen LogP contribution in [0.1, 0.15) is 20.7 Å². The second kappa shape index (κ2) is 7.58. The number of nitrogens with zero attached hydrogens (tertiary/aromatic N) is 2. The summed E-state index contributed by atoms with van der Waals surface area (Å²) in [5.41, 5.74) is 0.868. The number of hydrogen-bond donors (Lipinski definition) is 0. The fourth-order valence-corrected chi connectivity index (χ4v) is 2.83. The minimum absolute atomic E-state index is 0.0765. The van der Waals surface area contributed by atoms with E-state index in [2.05, 4.69) is 0 Å². The molecule has 7 heteroatoms. The average molecular weight is 373 g/mol. The van der Waals surface area contributed by atoms with Crippen molar-refractivity contribution >= 4 is 29.3 Å². The van der Waals surface area contributed by atoms with Crippen LogP contribution in [-0.2, 0) is 0 Å². The minimum Gasteiger partial charge on any atom is -0.497 e. The highest BCUT2D eigenvalue weighted by Crippen LogP contribution is 2.17. The van der Waals surface area contributed by atoms with E-state index in [4.69, 9.17) is 16.3 Å². The highest BCUT2D eigenvalue weighted by molar-refractivity contribution is 6.30. The Kier molecular flexibility index (Phi) is 5.23. The summed E-state index contributed by atoms with van der Waals surface area (Å²) in [6.07, 6.45) is 0. The van der Waals surface area contributed by atoms with E-state index < -0.39 is 6.03 Å². The van der Waals surface area contributed by atoms with Gasteiger partial charge in [-0.1, -0.05) is 11.6 Å². The topological polar surface area (TPSA) is 66.9 Å². The van der Waals surface area contributed by atoms with E-state index in [1.54, 1.807) is 48.5 Å². The number of ketones is 1. The average Bonchev–Trinajstić information content (AvgIpc) is 3.02. The van der Waals surface area contributed by atoms with Gasteiger partial charge in [0.2, 0.25) is 0 Å². The molecule has 0 atom stereocenters. The molecule has 3 amide bonds. The molecule has 0 unspecified atom stereocenters. The van der Waals surface area contributed by atoms with Gasteiger partial charge in [-0.15, -0.1) is 0 Å². The third-order valence-corrected chi connectivity index (χ3v) is 4.43. The largest absolute Gasteiger partial charge is 0.497 e. The maximum Gasteiger partial charge on any atom is 0.327 e. The van der Waals surface area contributed by atoms with Gasteiger partial charge in [0.05, 0.1) is 13.7 Å². The number of urea groups is 1. The summed E-state index contributed by atoms with van der Waals surface area (Å²) in [5.74, 6) is 0.0392. The molecule has 2 aromatic carbocycles. The van der Waals surface area contributed by atoms with Gasteiger partial charge < -0.3 is 9.64 Å². The molecule has 1 aliphatic rings. The molecule has 0 saturated carbocycles. The van der Waals surface area contributed by atoms with Gasteiger partial charge in [-0.2, -0.15) is 0 Å². The first kappa shape index (κ1) is 17.9. The summed E-state index contributed by atoms with van der Waals surface area (Å²) >= 11 is 5.81. The van der Waals surface area contributed by atoms with Gasteiger partial charge in [0, 0.05) is 29.2 Å². The Labute approximate surface area is 155 Å². The van der Waals surface area contributed by atoms with Crippen molar-refractivity contribution in [3.8, 4) is 5.75 Å². The zero-order chi connectivity index (χ0) is 18.7. The van der Waals surface area contributed by atoms with Gasteiger partial charge in [-0.25, -0.2) is 4.79 Å². The molecule has 0 radical (unpaired) electrons. The van der Waals surface area contributed by atoms with E-state index in [0.29, 0.717) is 28.4 Å². The lowest BCUT2D eigenvalue weighted by atomic mass is 10.1.